The maximum absolute atomic E-state index is 11.9. The molecule has 1 atom stereocenters. The van der Waals surface area contributed by atoms with Gasteiger partial charge in [0, 0.05) is 16.9 Å². The van der Waals surface area contributed by atoms with Crippen LogP contribution in [0.2, 0.25) is 0 Å². The highest BCUT2D eigenvalue weighted by molar-refractivity contribution is 9.10. The molecule has 2 heterocycles. The predicted octanol–water partition coefficient (Wildman–Crippen LogP) is 2.66. The maximum atomic E-state index is 11.9. The van der Waals surface area contributed by atoms with Gasteiger partial charge < -0.3 is 10.3 Å². The molecule has 0 bridgehead atoms. The van der Waals surface area contributed by atoms with Crippen LogP contribution < -0.4 is 5.32 Å². The lowest BCUT2D eigenvalue weighted by Crippen LogP contribution is -2.27. The molecule has 1 amide bonds. The molecule has 0 fully saturated rings. The lowest BCUT2D eigenvalue weighted by atomic mass is 10.2. The van der Waals surface area contributed by atoms with Crippen LogP contribution in [0.1, 0.15) is 29.1 Å². The second-order valence-electron chi connectivity index (χ2n) is 3.68. The van der Waals surface area contributed by atoms with Gasteiger partial charge in [0.2, 0.25) is 0 Å². The number of nitrogens with zero attached hydrogens (tertiary/aromatic N) is 1. The first-order valence-electron chi connectivity index (χ1n) is 5.22. The number of H-pyrrole nitrogens is 1. The number of nitrogens with one attached hydrogen (secondary N) is 2. The highest BCUT2D eigenvalue weighted by Gasteiger charge is 2.13. The molecule has 0 aromatic carbocycles. The second kappa shape index (κ2) is 5.14. The van der Waals surface area contributed by atoms with Gasteiger partial charge in [-0.3, -0.25) is 9.78 Å². The van der Waals surface area contributed by atoms with E-state index in [1.165, 1.54) is 0 Å². The van der Waals surface area contributed by atoms with Crippen LogP contribution in [-0.4, -0.2) is 15.9 Å². The van der Waals surface area contributed by atoms with E-state index in [1.807, 2.05) is 25.1 Å². The van der Waals surface area contributed by atoms with Gasteiger partial charge >= 0.3 is 0 Å². The Morgan fingerprint density at radius 3 is 2.94 bits per heavy atom. The van der Waals surface area contributed by atoms with Crippen LogP contribution in [0, 0.1) is 0 Å². The number of pyridine rings is 1. The Morgan fingerprint density at radius 2 is 2.35 bits per heavy atom. The summed E-state index contributed by atoms with van der Waals surface area (Å²) < 4.78 is 0.855. The number of carbonyl (C=O) groups is 1. The van der Waals surface area contributed by atoms with Crippen LogP contribution in [0.3, 0.4) is 0 Å². The van der Waals surface area contributed by atoms with E-state index in [4.69, 9.17) is 0 Å². The van der Waals surface area contributed by atoms with E-state index in [0.29, 0.717) is 5.69 Å². The van der Waals surface area contributed by atoms with Crippen LogP contribution in [0.5, 0.6) is 0 Å². The van der Waals surface area contributed by atoms with Gasteiger partial charge in [-0.05, 0) is 41.1 Å². The van der Waals surface area contributed by atoms with Crippen LogP contribution >= 0.6 is 15.9 Å². The zero-order chi connectivity index (χ0) is 12.3. The topological polar surface area (TPSA) is 57.8 Å². The van der Waals surface area contributed by atoms with E-state index in [-0.39, 0.29) is 11.9 Å². The largest absolute Gasteiger partial charge is 0.356 e. The lowest BCUT2D eigenvalue weighted by molar-refractivity contribution is 0.0934. The number of aromatic nitrogens is 2. The summed E-state index contributed by atoms with van der Waals surface area (Å²) in [6.07, 6.45) is 3.43. The highest BCUT2D eigenvalue weighted by Crippen LogP contribution is 2.13. The number of hydrogen-bond donors (Lipinski definition) is 2. The zero-order valence-electron chi connectivity index (χ0n) is 9.27. The minimum Gasteiger partial charge on any atom is -0.356 e. The molecule has 2 rings (SSSR count). The van der Waals surface area contributed by atoms with Gasteiger partial charge in [-0.15, -0.1) is 0 Å². The summed E-state index contributed by atoms with van der Waals surface area (Å²) in [6.45, 7) is 1.90. The number of hydrogen-bond acceptors (Lipinski definition) is 2. The SMILES string of the molecule is C[C@H](NC(=O)c1cc(Br)c[nH]1)c1ccccn1. The van der Waals surface area contributed by atoms with Crippen LogP contribution in [0.25, 0.3) is 0 Å². The van der Waals surface area contributed by atoms with Crippen molar-refractivity contribution < 1.29 is 4.79 Å². The van der Waals surface area contributed by atoms with E-state index in [2.05, 4.69) is 31.2 Å². The molecule has 2 aromatic rings. The molecular weight excluding hydrogens is 282 g/mol. The van der Waals surface area contributed by atoms with E-state index < -0.39 is 0 Å². The number of rotatable bonds is 3. The average molecular weight is 294 g/mol. The van der Waals surface area contributed by atoms with Crippen molar-refractivity contribution in [1.82, 2.24) is 15.3 Å². The van der Waals surface area contributed by atoms with Crippen molar-refractivity contribution in [1.29, 1.82) is 0 Å². The molecule has 0 unspecified atom stereocenters. The Morgan fingerprint density at radius 1 is 1.53 bits per heavy atom. The van der Waals surface area contributed by atoms with Gasteiger partial charge in [0.1, 0.15) is 5.69 Å². The highest BCUT2D eigenvalue weighted by atomic mass is 79.9. The quantitative estimate of drug-likeness (QED) is 0.914. The third-order valence-electron chi connectivity index (χ3n) is 2.37. The molecule has 88 valence electrons. The van der Waals surface area contributed by atoms with Crippen LogP contribution in [-0.2, 0) is 0 Å². The summed E-state index contributed by atoms with van der Waals surface area (Å²) in [5.41, 5.74) is 1.37. The van der Waals surface area contributed by atoms with Crippen LogP contribution in [0.15, 0.2) is 41.1 Å². The summed E-state index contributed by atoms with van der Waals surface area (Å²) in [6, 6.07) is 7.25. The Bertz CT molecular complexity index is 509. The molecule has 4 nitrogen and oxygen atoms in total. The molecule has 0 saturated heterocycles. The average Bonchev–Trinajstić information content (AvgIpc) is 2.77. The fourth-order valence-corrected chi connectivity index (χ4v) is 1.82. The summed E-state index contributed by atoms with van der Waals surface area (Å²) in [4.78, 5) is 18.9. The third kappa shape index (κ3) is 2.94. The molecule has 2 aromatic heterocycles. The molecule has 5 heteroatoms. The van der Waals surface area contributed by atoms with Crippen molar-refractivity contribution in [3.63, 3.8) is 0 Å². The summed E-state index contributed by atoms with van der Waals surface area (Å²) in [5.74, 6) is -0.145. The Hall–Kier alpha value is -1.62. The van der Waals surface area contributed by atoms with Crippen molar-refractivity contribution in [3.8, 4) is 0 Å². The molecule has 0 aliphatic heterocycles. The number of carbonyl (C=O) groups excluding carboxylic acids is 1. The third-order valence-corrected chi connectivity index (χ3v) is 2.83. The lowest BCUT2D eigenvalue weighted by Gasteiger charge is -2.12. The fraction of sp³-hybridized carbons (Fsp3) is 0.167. The number of halogens is 1. The summed E-state index contributed by atoms with van der Waals surface area (Å²) in [7, 11) is 0. The first kappa shape index (κ1) is 11.9. The molecule has 0 aliphatic carbocycles. The minimum absolute atomic E-state index is 0.120. The van der Waals surface area contributed by atoms with Crippen molar-refractivity contribution >= 4 is 21.8 Å². The van der Waals surface area contributed by atoms with E-state index in [0.717, 1.165) is 10.2 Å². The van der Waals surface area contributed by atoms with Gasteiger partial charge in [-0.2, -0.15) is 0 Å². The van der Waals surface area contributed by atoms with Crippen molar-refractivity contribution in [2.75, 3.05) is 0 Å². The molecule has 17 heavy (non-hydrogen) atoms. The van der Waals surface area contributed by atoms with Crippen LogP contribution in [0.4, 0.5) is 0 Å². The first-order chi connectivity index (χ1) is 8.16. The molecular formula is C12H12BrN3O. The first-order valence-corrected chi connectivity index (χ1v) is 6.02. The standard InChI is InChI=1S/C12H12BrN3O/c1-8(10-4-2-3-5-14-10)16-12(17)11-6-9(13)7-15-11/h2-8,15H,1H3,(H,16,17)/t8-/m0/s1. The Kier molecular flexibility index (Phi) is 3.58. The minimum atomic E-state index is -0.145. The summed E-state index contributed by atoms with van der Waals surface area (Å²) in [5, 5.41) is 2.87. The number of amides is 1. The molecule has 0 spiro atoms. The Balaban J connectivity index is 2.04. The zero-order valence-corrected chi connectivity index (χ0v) is 10.9. The van der Waals surface area contributed by atoms with Gasteiger partial charge in [0.05, 0.1) is 11.7 Å². The normalized spacial score (nSPS) is 12.1. The Labute approximate surface area is 108 Å². The van der Waals surface area contributed by atoms with Gasteiger partial charge in [0.15, 0.2) is 0 Å². The summed E-state index contributed by atoms with van der Waals surface area (Å²) >= 11 is 3.29. The molecule has 0 saturated carbocycles. The van der Waals surface area contributed by atoms with E-state index in [9.17, 15) is 4.79 Å². The van der Waals surface area contributed by atoms with Gasteiger partial charge in [-0.25, -0.2) is 0 Å². The van der Waals surface area contributed by atoms with Crippen molar-refractivity contribution in [3.05, 3.63) is 52.5 Å². The maximum Gasteiger partial charge on any atom is 0.268 e. The predicted molar refractivity (Wildman–Crippen MR) is 68.6 cm³/mol. The molecule has 0 radical (unpaired) electrons. The van der Waals surface area contributed by atoms with E-state index in [1.54, 1.807) is 18.5 Å². The van der Waals surface area contributed by atoms with E-state index >= 15 is 0 Å². The van der Waals surface area contributed by atoms with Gasteiger partial charge in [-0.1, -0.05) is 6.07 Å². The smallest absolute Gasteiger partial charge is 0.268 e. The number of aromatic amines is 1. The molecule has 0 aliphatic rings. The monoisotopic (exact) mass is 293 g/mol. The second-order valence-corrected chi connectivity index (χ2v) is 4.60. The van der Waals surface area contributed by atoms with Crippen molar-refractivity contribution in [2.24, 2.45) is 0 Å². The fourth-order valence-electron chi connectivity index (χ4n) is 1.48. The van der Waals surface area contributed by atoms with Gasteiger partial charge in [0.25, 0.3) is 5.91 Å². The van der Waals surface area contributed by atoms with Crippen molar-refractivity contribution in [2.45, 2.75) is 13.0 Å². The molecule has 2 N–H and O–H groups in total.